The van der Waals surface area contributed by atoms with Crippen molar-refractivity contribution < 1.29 is 23.4 Å². The molecule has 0 aliphatic heterocycles. The van der Waals surface area contributed by atoms with Crippen LogP contribution in [0.5, 0.6) is 5.88 Å². The predicted molar refractivity (Wildman–Crippen MR) is 84.2 cm³/mol. The Bertz CT molecular complexity index is 695. The van der Waals surface area contributed by atoms with Crippen molar-refractivity contribution in [3.05, 3.63) is 59.3 Å². The molecule has 1 heterocycles. The van der Waals surface area contributed by atoms with Crippen molar-refractivity contribution in [2.75, 3.05) is 13.2 Å². The summed E-state index contributed by atoms with van der Waals surface area (Å²) in [6.45, 7) is 1.03. The van der Waals surface area contributed by atoms with Gasteiger partial charge in [-0.25, -0.2) is 13.8 Å². The fourth-order valence-electron chi connectivity index (χ4n) is 2.10. The van der Waals surface area contributed by atoms with Gasteiger partial charge in [0.2, 0.25) is 5.88 Å². The summed E-state index contributed by atoms with van der Waals surface area (Å²) in [6.07, 6.45) is -2.19. The van der Waals surface area contributed by atoms with Crippen molar-refractivity contribution in [2.24, 2.45) is 0 Å². The third-order valence-corrected chi connectivity index (χ3v) is 3.24. The van der Waals surface area contributed by atoms with Gasteiger partial charge in [0.25, 0.3) is 12.3 Å². The number of carbonyl (C=O) groups excluding carboxylic acids is 1. The molecule has 0 spiro atoms. The molecular weight excluding hydrogens is 318 g/mol. The van der Waals surface area contributed by atoms with Gasteiger partial charge in [-0.05, 0) is 24.6 Å². The van der Waals surface area contributed by atoms with Gasteiger partial charge in [0.05, 0.1) is 6.10 Å². The zero-order chi connectivity index (χ0) is 17.5. The van der Waals surface area contributed by atoms with Crippen molar-refractivity contribution in [1.82, 2.24) is 10.3 Å². The summed E-state index contributed by atoms with van der Waals surface area (Å²) in [5, 5.41) is 12.7. The Hall–Kier alpha value is -2.54. The first-order valence-electron chi connectivity index (χ1n) is 7.36. The summed E-state index contributed by atoms with van der Waals surface area (Å²) < 4.78 is 29.3. The molecule has 0 radical (unpaired) electrons. The van der Waals surface area contributed by atoms with E-state index in [9.17, 15) is 18.7 Å². The van der Waals surface area contributed by atoms with Crippen LogP contribution in [-0.2, 0) is 0 Å². The highest BCUT2D eigenvalue weighted by Crippen LogP contribution is 2.17. The van der Waals surface area contributed by atoms with Crippen molar-refractivity contribution in [1.29, 1.82) is 0 Å². The zero-order valence-electron chi connectivity index (χ0n) is 13.1. The second kappa shape index (κ2) is 8.35. The van der Waals surface area contributed by atoms with E-state index in [-0.39, 0.29) is 18.0 Å². The predicted octanol–water partition coefficient (Wildman–Crippen LogP) is 2.50. The van der Waals surface area contributed by atoms with E-state index in [1.165, 1.54) is 18.3 Å². The van der Waals surface area contributed by atoms with E-state index in [1.807, 2.05) is 25.1 Å². The molecule has 5 nitrogen and oxygen atoms in total. The summed E-state index contributed by atoms with van der Waals surface area (Å²) in [5.41, 5.74) is 1.71. The monoisotopic (exact) mass is 336 g/mol. The van der Waals surface area contributed by atoms with Crippen LogP contribution in [0.2, 0.25) is 0 Å². The van der Waals surface area contributed by atoms with E-state index in [4.69, 9.17) is 4.74 Å². The number of pyridine rings is 1. The van der Waals surface area contributed by atoms with E-state index >= 15 is 0 Å². The SMILES string of the molecule is Cc1cccc(C(O)CNC(=O)c2cccnc2OCC(F)F)c1. The zero-order valence-corrected chi connectivity index (χ0v) is 13.1. The van der Waals surface area contributed by atoms with Gasteiger partial charge in [-0.15, -0.1) is 0 Å². The number of nitrogens with one attached hydrogen (secondary N) is 1. The van der Waals surface area contributed by atoms with Crippen molar-refractivity contribution in [3.8, 4) is 5.88 Å². The number of ether oxygens (including phenoxy) is 1. The molecule has 1 unspecified atom stereocenters. The minimum atomic E-state index is -2.66. The molecule has 1 aromatic heterocycles. The number of amides is 1. The van der Waals surface area contributed by atoms with Crippen LogP contribution < -0.4 is 10.1 Å². The Kier molecular flexibility index (Phi) is 6.20. The number of nitrogens with zero attached hydrogens (tertiary/aromatic N) is 1. The number of aliphatic hydroxyl groups excluding tert-OH is 1. The van der Waals surface area contributed by atoms with Gasteiger partial charge >= 0.3 is 0 Å². The fraction of sp³-hybridized carbons (Fsp3) is 0.294. The second-order valence-corrected chi connectivity index (χ2v) is 5.20. The minimum absolute atomic E-state index is 0.0224. The molecule has 24 heavy (non-hydrogen) atoms. The normalized spacial score (nSPS) is 12.0. The number of aliphatic hydroxyl groups is 1. The Labute approximate surface area is 138 Å². The van der Waals surface area contributed by atoms with E-state index in [2.05, 4.69) is 10.3 Å². The Balaban J connectivity index is 1.99. The molecule has 0 aliphatic rings. The maximum Gasteiger partial charge on any atom is 0.272 e. The van der Waals surface area contributed by atoms with Gasteiger partial charge in [0.1, 0.15) is 5.56 Å². The summed E-state index contributed by atoms with van der Waals surface area (Å²) >= 11 is 0. The van der Waals surface area contributed by atoms with E-state index in [0.29, 0.717) is 5.56 Å². The number of alkyl halides is 2. The quantitative estimate of drug-likeness (QED) is 0.815. The second-order valence-electron chi connectivity index (χ2n) is 5.20. The van der Waals surface area contributed by atoms with Crippen LogP contribution >= 0.6 is 0 Å². The van der Waals surface area contributed by atoms with Gasteiger partial charge in [-0.3, -0.25) is 4.79 Å². The van der Waals surface area contributed by atoms with Crippen molar-refractivity contribution >= 4 is 5.91 Å². The lowest BCUT2D eigenvalue weighted by Gasteiger charge is -2.14. The molecular formula is C17H18F2N2O3. The standard InChI is InChI=1S/C17H18F2N2O3/c1-11-4-2-5-12(8-11)14(22)9-21-16(23)13-6-3-7-20-17(13)24-10-15(18)19/h2-8,14-15,22H,9-10H2,1H3,(H,21,23). The fourth-order valence-corrected chi connectivity index (χ4v) is 2.10. The lowest BCUT2D eigenvalue weighted by Crippen LogP contribution is -2.29. The molecule has 2 N–H and O–H groups in total. The largest absolute Gasteiger partial charge is 0.471 e. The minimum Gasteiger partial charge on any atom is -0.471 e. The molecule has 0 bridgehead atoms. The number of hydrogen-bond donors (Lipinski definition) is 2. The van der Waals surface area contributed by atoms with E-state index in [0.717, 1.165) is 5.56 Å². The number of halogens is 2. The van der Waals surface area contributed by atoms with E-state index < -0.39 is 25.0 Å². The highest BCUT2D eigenvalue weighted by atomic mass is 19.3. The molecule has 1 amide bonds. The Morgan fingerprint density at radius 3 is 2.83 bits per heavy atom. The van der Waals surface area contributed by atoms with Crippen molar-refractivity contribution in [2.45, 2.75) is 19.5 Å². The first kappa shape index (κ1) is 17.8. The first-order valence-corrected chi connectivity index (χ1v) is 7.36. The highest BCUT2D eigenvalue weighted by molar-refractivity contribution is 5.96. The molecule has 0 saturated carbocycles. The molecule has 128 valence electrons. The molecule has 1 atom stereocenters. The molecule has 0 saturated heterocycles. The van der Waals surface area contributed by atoms with Gasteiger partial charge in [-0.1, -0.05) is 29.8 Å². The topological polar surface area (TPSA) is 71.5 Å². The molecule has 0 fully saturated rings. The van der Waals surface area contributed by atoms with Crippen LogP contribution in [0.15, 0.2) is 42.6 Å². The van der Waals surface area contributed by atoms with Crippen LogP contribution in [-0.4, -0.2) is 35.6 Å². The Morgan fingerprint density at radius 2 is 2.12 bits per heavy atom. The smallest absolute Gasteiger partial charge is 0.272 e. The average molecular weight is 336 g/mol. The van der Waals surface area contributed by atoms with Gasteiger partial charge < -0.3 is 15.2 Å². The van der Waals surface area contributed by atoms with Crippen LogP contribution in [0.3, 0.4) is 0 Å². The lowest BCUT2D eigenvalue weighted by atomic mass is 10.1. The van der Waals surface area contributed by atoms with Crippen LogP contribution in [0.4, 0.5) is 8.78 Å². The number of benzene rings is 1. The van der Waals surface area contributed by atoms with Crippen LogP contribution in [0.25, 0.3) is 0 Å². The number of aromatic nitrogens is 1. The van der Waals surface area contributed by atoms with Crippen LogP contribution in [0, 0.1) is 6.92 Å². The number of rotatable bonds is 7. The molecule has 2 rings (SSSR count). The summed E-state index contributed by atoms with van der Waals surface area (Å²) in [4.78, 5) is 16.0. The lowest BCUT2D eigenvalue weighted by molar-refractivity contribution is 0.0768. The summed E-state index contributed by atoms with van der Waals surface area (Å²) in [6, 6.07) is 10.2. The van der Waals surface area contributed by atoms with Gasteiger partial charge in [0, 0.05) is 12.7 Å². The maximum absolute atomic E-state index is 12.2. The summed E-state index contributed by atoms with van der Waals surface area (Å²) in [7, 11) is 0. The maximum atomic E-state index is 12.2. The third kappa shape index (κ3) is 4.99. The van der Waals surface area contributed by atoms with Gasteiger partial charge in [-0.2, -0.15) is 0 Å². The third-order valence-electron chi connectivity index (χ3n) is 3.24. The molecule has 7 heteroatoms. The highest BCUT2D eigenvalue weighted by Gasteiger charge is 2.16. The van der Waals surface area contributed by atoms with Crippen LogP contribution in [0.1, 0.15) is 27.6 Å². The molecule has 1 aromatic carbocycles. The van der Waals surface area contributed by atoms with Crippen molar-refractivity contribution in [3.63, 3.8) is 0 Å². The molecule has 0 aliphatic carbocycles. The summed E-state index contributed by atoms with van der Waals surface area (Å²) in [5.74, 6) is -0.723. The number of carbonyl (C=O) groups is 1. The first-order chi connectivity index (χ1) is 11.5. The van der Waals surface area contributed by atoms with E-state index in [1.54, 1.807) is 6.07 Å². The number of aryl methyl sites for hydroxylation is 1. The number of hydrogen-bond acceptors (Lipinski definition) is 4. The molecule has 2 aromatic rings. The Morgan fingerprint density at radius 1 is 1.33 bits per heavy atom. The average Bonchev–Trinajstić information content (AvgIpc) is 2.57. The van der Waals surface area contributed by atoms with Gasteiger partial charge in [0.15, 0.2) is 6.61 Å².